The summed E-state index contributed by atoms with van der Waals surface area (Å²) in [6, 6.07) is 7.39. The van der Waals surface area contributed by atoms with Gasteiger partial charge < -0.3 is 4.42 Å². The third-order valence-electron chi connectivity index (χ3n) is 2.96. The topological polar surface area (TPSA) is 86.1 Å². The summed E-state index contributed by atoms with van der Waals surface area (Å²) in [5, 5.41) is 5.48. The summed E-state index contributed by atoms with van der Waals surface area (Å²) >= 11 is 5.84. The van der Waals surface area contributed by atoms with E-state index in [1.165, 1.54) is 6.20 Å². The van der Waals surface area contributed by atoms with Gasteiger partial charge in [0, 0.05) is 17.1 Å². The predicted octanol–water partition coefficient (Wildman–Crippen LogP) is 1.93. The number of nitrogens with two attached hydrogens (primary N) is 1. The Hall–Kier alpha value is -2.31. The highest BCUT2D eigenvalue weighted by molar-refractivity contribution is 6.30. The Balaban J connectivity index is 2.13. The normalized spacial score (nSPS) is 10.9. The second-order valence-corrected chi connectivity index (χ2v) is 4.67. The molecule has 0 spiro atoms. The molecule has 0 fully saturated rings. The number of hydrazine groups is 1. The van der Waals surface area contributed by atoms with Crippen LogP contribution in [0.25, 0.3) is 11.0 Å². The lowest BCUT2D eigenvalue weighted by atomic mass is 10.1. The average Bonchev–Trinajstić information content (AvgIpc) is 3.03. The number of rotatable bonds is 3. The number of nitrogen functional groups attached to an aromatic ring is 1. The van der Waals surface area contributed by atoms with Crippen LogP contribution in [0.3, 0.4) is 0 Å². The first kappa shape index (κ1) is 12.7. The van der Waals surface area contributed by atoms with E-state index in [9.17, 15) is 4.79 Å². The lowest BCUT2D eigenvalue weighted by Crippen LogP contribution is -2.30. The van der Waals surface area contributed by atoms with Crippen molar-refractivity contribution in [3.05, 3.63) is 53.0 Å². The van der Waals surface area contributed by atoms with Crippen LogP contribution in [0.4, 0.5) is 0 Å². The molecule has 0 unspecified atom stereocenters. The SMILES string of the molecule is NNC(=O)c1oc2ccccc2c1Cn1cc(Cl)cn1. The second kappa shape index (κ2) is 4.99. The van der Waals surface area contributed by atoms with Crippen LogP contribution >= 0.6 is 11.6 Å². The van der Waals surface area contributed by atoms with Crippen molar-refractivity contribution in [2.24, 2.45) is 5.84 Å². The number of carbonyl (C=O) groups is 1. The maximum Gasteiger partial charge on any atom is 0.301 e. The van der Waals surface area contributed by atoms with Crippen molar-refractivity contribution in [2.75, 3.05) is 0 Å². The van der Waals surface area contributed by atoms with E-state index in [-0.39, 0.29) is 5.76 Å². The van der Waals surface area contributed by atoms with Crippen molar-refractivity contribution in [3.8, 4) is 0 Å². The molecule has 3 rings (SSSR count). The maximum absolute atomic E-state index is 11.8. The largest absolute Gasteiger partial charge is 0.450 e. The average molecular weight is 291 g/mol. The fourth-order valence-electron chi connectivity index (χ4n) is 2.09. The molecule has 20 heavy (non-hydrogen) atoms. The molecule has 0 aliphatic rings. The number of amides is 1. The van der Waals surface area contributed by atoms with Crippen LogP contribution in [-0.4, -0.2) is 15.7 Å². The quantitative estimate of drug-likeness (QED) is 0.438. The molecule has 0 saturated heterocycles. The van der Waals surface area contributed by atoms with Gasteiger partial charge in [0.25, 0.3) is 0 Å². The fraction of sp³-hybridized carbons (Fsp3) is 0.0769. The van der Waals surface area contributed by atoms with E-state index in [0.717, 1.165) is 5.39 Å². The minimum Gasteiger partial charge on any atom is -0.450 e. The number of fused-ring (bicyclic) bond motifs is 1. The van der Waals surface area contributed by atoms with Crippen molar-refractivity contribution >= 4 is 28.5 Å². The summed E-state index contributed by atoms with van der Waals surface area (Å²) in [6.07, 6.45) is 3.21. The van der Waals surface area contributed by atoms with Gasteiger partial charge in [-0.05, 0) is 6.07 Å². The Morgan fingerprint density at radius 2 is 2.25 bits per heavy atom. The summed E-state index contributed by atoms with van der Waals surface area (Å²) in [5.74, 6) is 4.89. The van der Waals surface area contributed by atoms with Crippen LogP contribution in [0.1, 0.15) is 16.1 Å². The minimum atomic E-state index is -0.477. The molecule has 3 N–H and O–H groups in total. The number of nitrogens with zero attached hydrogens (tertiary/aromatic N) is 2. The molecule has 2 heterocycles. The van der Waals surface area contributed by atoms with Gasteiger partial charge in [-0.25, -0.2) is 5.84 Å². The van der Waals surface area contributed by atoms with Gasteiger partial charge in [0.2, 0.25) is 0 Å². The zero-order valence-corrected chi connectivity index (χ0v) is 11.1. The van der Waals surface area contributed by atoms with Gasteiger partial charge in [0.15, 0.2) is 5.76 Å². The summed E-state index contributed by atoms with van der Waals surface area (Å²) in [7, 11) is 0. The van der Waals surface area contributed by atoms with Crippen molar-refractivity contribution in [1.29, 1.82) is 0 Å². The molecule has 3 aromatic rings. The molecule has 0 aliphatic heterocycles. The van der Waals surface area contributed by atoms with Gasteiger partial charge >= 0.3 is 5.91 Å². The van der Waals surface area contributed by atoms with Crippen LogP contribution in [0.15, 0.2) is 41.1 Å². The molecule has 0 bridgehead atoms. The van der Waals surface area contributed by atoms with Crippen LogP contribution < -0.4 is 11.3 Å². The Morgan fingerprint density at radius 1 is 1.45 bits per heavy atom. The number of aromatic nitrogens is 2. The van der Waals surface area contributed by atoms with Gasteiger partial charge in [0.1, 0.15) is 5.58 Å². The molecule has 1 amide bonds. The zero-order chi connectivity index (χ0) is 14.1. The number of para-hydroxylation sites is 1. The van der Waals surface area contributed by atoms with Crippen LogP contribution in [0.5, 0.6) is 0 Å². The van der Waals surface area contributed by atoms with Gasteiger partial charge in [-0.3, -0.25) is 14.9 Å². The lowest BCUT2D eigenvalue weighted by molar-refractivity contribution is 0.0926. The number of benzene rings is 1. The first-order chi connectivity index (χ1) is 9.69. The number of carbonyl (C=O) groups excluding carboxylic acids is 1. The third kappa shape index (κ3) is 2.15. The van der Waals surface area contributed by atoms with Gasteiger partial charge in [-0.1, -0.05) is 29.8 Å². The van der Waals surface area contributed by atoms with E-state index in [4.69, 9.17) is 21.9 Å². The van der Waals surface area contributed by atoms with Gasteiger partial charge in [-0.15, -0.1) is 0 Å². The molecule has 0 atom stereocenters. The van der Waals surface area contributed by atoms with Crippen molar-refractivity contribution in [2.45, 2.75) is 6.54 Å². The molecule has 1 aromatic carbocycles. The Bertz CT molecular complexity index is 778. The molecule has 7 heteroatoms. The Kier molecular flexibility index (Phi) is 3.17. The molecule has 0 radical (unpaired) electrons. The number of hydrogen-bond acceptors (Lipinski definition) is 4. The first-order valence-corrected chi connectivity index (χ1v) is 6.26. The van der Waals surface area contributed by atoms with Gasteiger partial charge in [0.05, 0.1) is 17.8 Å². The number of furan rings is 1. The molecule has 102 valence electrons. The predicted molar refractivity (Wildman–Crippen MR) is 74.2 cm³/mol. The highest BCUT2D eigenvalue weighted by Gasteiger charge is 2.20. The smallest absolute Gasteiger partial charge is 0.301 e. The second-order valence-electron chi connectivity index (χ2n) is 4.24. The number of nitrogens with one attached hydrogen (secondary N) is 1. The summed E-state index contributed by atoms with van der Waals surface area (Å²) in [5.41, 5.74) is 3.42. The zero-order valence-electron chi connectivity index (χ0n) is 10.3. The fourth-order valence-corrected chi connectivity index (χ4v) is 2.25. The van der Waals surface area contributed by atoms with E-state index in [1.807, 2.05) is 18.2 Å². The molecule has 2 aromatic heterocycles. The first-order valence-electron chi connectivity index (χ1n) is 5.88. The standard InChI is InChI=1S/C13H11ClN4O2/c14-8-5-16-18(6-8)7-10-9-3-1-2-4-11(9)20-12(10)13(19)17-15/h1-6H,7,15H2,(H,17,19). The highest BCUT2D eigenvalue weighted by Crippen LogP contribution is 2.26. The van der Waals surface area contributed by atoms with E-state index < -0.39 is 5.91 Å². The van der Waals surface area contributed by atoms with E-state index >= 15 is 0 Å². The van der Waals surface area contributed by atoms with Crippen molar-refractivity contribution in [3.63, 3.8) is 0 Å². The summed E-state index contributed by atoms with van der Waals surface area (Å²) < 4.78 is 7.20. The van der Waals surface area contributed by atoms with Crippen LogP contribution in [0.2, 0.25) is 5.02 Å². The minimum absolute atomic E-state index is 0.181. The van der Waals surface area contributed by atoms with E-state index in [0.29, 0.717) is 22.7 Å². The third-order valence-corrected chi connectivity index (χ3v) is 3.15. The van der Waals surface area contributed by atoms with E-state index in [2.05, 4.69) is 10.5 Å². The Labute approximate surface area is 119 Å². The van der Waals surface area contributed by atoms with E-state index in [1.54, 1.807) is 16.9 Å². The number of halogens is 1. The van der Waals surface area contributed by atoms with Crippen LogP contribution in [-0.2, 0) is 6.54 Å². The van der Waals surface area contributed by atoms with Crippen LogP contribution in [0, 0.1) is 0 Å². The highest BCUT2D eigenvalue weighted by atomic mass is 35.5. The van der Waals surface area contributed by atoms with Crippen molar-refractivity contribution < 1.29 is 9.21 Å². The summed E-state index contributed by atoms with van der Waals surface area (Å²) in [6.45, 7) is 0.368. The molecule has 0 saturated carbocycles. The summed E-state index contributed by atoms with van der Waals surface area (Å²) in [4.78, 5) is 11.8. The molecule has 0 aliphatic carbocycles. The van der Waals surface area contributed by atoms with Gasteiger partial charge in [-0.2, -0.15) is 5.10 Å². The van der Waals surface area contributed by atoms with Crippen molar-refractivity contribution in [1.82, 2.24) is 15.2 Å². The number of hydrogen-bond donors (Lipinski definition) is 2. The maximum atomic E-state index is 11.8. The Morgan fingerprint density at radius 3 is 2.95 bits per heavy atom. The monoisotopic (exact) mass is 290 g/mol. The molecule has 6 nitrogen and oxygen atoms in total. The lowest BCUT2D eigenvalue weighted by Gasteiger charge is -2.02. The molecular formula is C13H11ClN4O2. The molecular weight excluding hydrogens is 280 g/mol.